The molecule has 4 rings (SSSR count). The molecule has 1 fully saturated rings. The van der Waals surface area contributed by atoms with Crippen LogP contribution in [0.25, 0.3) is 11.4 Å². The first-order valence-electron chi connectivity index (χ1n) is 10.0. The van der Waals surface area contributed by atoms with Crippen LogP contribution in [0, 0.1) is 0 Å². The Morgan fingerprint density at radius 1 is 1.26 bits per heavy atom. The standard InChI is InChI=1S/C22H23N5O4/c1-30-18-10-8-15(9-11-18)21-25-20(31-26-21)7-3-6-19(28)24-16-4-2-5-17(14-16)27-13-12-23-22(27)29/h2,4-5,8-11,14H,3,6-7,12-13H2,1H3,(H,23,29)(H,24,28). The summed E-state index contributed by atoms with van der Waals surface area (Å²) < 4.78 is 10.4. The number of hydrogen-bond acceptors (Lipinski definition) is 6. The molecule has 2 aromatic carbocycles. The van der Waals surface area contributed by atoms with Gasteiger partial charge in [0.1, 0.15) is 5.75 Å². The highest BCUT2D eigenvalue weighted by Gasteiger charge is 2.21. The monoisotopic (exact) mass is 421 g/mol. The van der Waals surface area contributed by atoms with E-state index in [9.17, 15) is 9.59 Å². The van der Waals surface area contributed by atoms with Crippen LogP contribution in [0.5, 0.6) is 5.75 Å². The van der Waals surface area contributed by atoms with E-state index >= 15 is 0 Å². The summed E-state index contributed by atoms with van der Waals surface area (Å²) in [7, 11) is 1.61. The third-order valence-corrected chi connectivity index (χ3v) is 4.91. The van der Waals surface area contributed by atoms with E-state index in [0.717, 1.165) is 17.0 Å². The Morgan fingerprint density at radius 2 is 2.10 bits per heavy atom. The lowest BCUT2D eigenvalue weighted by Crippen LogP contribution is -2.27. The predicted octanol–water partition coefficient (Wildman–Crippen LogP) is 3.24. The second kappa shape index (κ2) is 9.29. The minimum atomic E-state index is -0.128. The van der Waals surface area contributed by atoms with Gasteiger partial charge in [0.25, 0.3) is 0 Å². The molecule has 1 aliphatic rings. The zero-order valence-corrected chi connectivity index (χ0v) is 17.1. The number of hydrogen-bond donors (Lipinski definition) is 2. The van der Waals surface area contributed by atoms with Gasteiger partial charge in [-0.25, -0.2) is 4.79 Å². The third-order valence-electron chi connectivity index (χ3n) is 4.91. The fourth-order valence-electron chi connectivity index (χ4n) is 3.31. The minimum absolute atomic E-state index is 0.113. The van der Waals surface area contributed by atoms with Crippen molar-refractivity contribution in [1.82, 2.24) is 15.5 Å². The number of rotatable bonds is 8. The van der Waals surface area contributed by atoms with Crippen LogP contribution in [0.1, 0.15) is 18.7 Å². The molecule has 0 saturated carbocycles. The Hall–Kier alpha value is -3.88. The van der Waals surface area contributed by atoms with E-state index in [4.69, 9.17) is 9.26 Å². The van der Waals surface area contributed by atoms with Gasteiger partial charge in [-0.15, -0.1) is 0 Å². The summed E-state index contributed by atoms with van der Waals surface area (Å²) >= 11 is 0. The Kier molecular flexibility index (Phi) is 6.11. The summed E-state index contributed by atoms with van der Waals surface area (Å²) in [6.07, 6.45) is 1.39. The smallest absolute Gasteiger partial charge is 0.321 e. The Morgan fingerprint density at radius 3 is 2.84 bits per heavy atom. The van der Waals surface area contributed by atoms with Crippen LogP contribution in [-0.2, 0) is 11.2 Å². The molecule has 0 spiro atoms. The quantitative estimate of drug-likeness (QED) is 0.578. The van der Waals surface area contributed by atoms with Gasteiger partial charge in [0, 0.05) is 42.9 Å². The molecule has 3 amide bonds. The minimum Gasteiger partial charge on any atom is -0.497 e. The number of amides is 3. The maximum atomic E-state index is 12.3. The van der Waals surface area contributed by atoms with E-state index in [1.165, 1.54) is 0 Å². The second-order valence-electron chi connectivity index (χ2n) is 7.08. The molecule has 1 aliphatic heterocycles. The second-order valence-corrected chi connectivity index (χ2v) is 7.08. The number of urea groups is 1. The number of anilines is 2. The SMILES string of the molecule is COc1ccc(-c2noc(CCCC(=O)Nc3cccc(N4CCNC4=O)c3)n2)cc1. The van der Waals surface area contributed by atoms with E-state index in [0.29, 0.717) is 49.8 Å². The highest BCUT2D eigenvalue weighted by atomic mass is 16.5. The van der Waals surface area contributed by atoms with Gasteiger partial charge < -0.3 is 19.9 Å². The molecule has 0 unspecified atom stereocenters. The molecule has 0 bridgehead atoms. The van der Waals surface area contributed by atoms with Crippen LogP contribution in [0.15, 0.2) is 53.1 Å². The zero-order chi connectivity index (χ0) is 21.6. The molecule has 0 aliphatic carbocycles. The van der Waals surface area contributed by atoms with Crippen molar-refractivity contribution in [2.75, 3.05) is 30.4 Å². The maximum absolute atomic E-state index is 12.3. The number of aryl methyl sites for hydroxylation is 1. The summed E-state index contributed by atoms with van der Waals surface area (Å²) in [5, 5.41) is 9.63. The Bertz CT molecular complexity index is 1060. The molecule has 31 heavy (non-hydrogen) atoms. The lowest BCUT2D eigenvalue weighted by atomic mass is 10.2. The van der Waals surface area contributed by atoms with Crippen molar-refractivity contribution in [1.29, 1.82) is 0 Å². The first kappa shape index (κ1) is 20.4. The lowest BCUT2D eigenvalue weighted by molar-refractivity contribution is -0.116. The van der Waals surface area contributed by atoms with Crippen LogP contribution in [0.3, 0.4) is 0 Å². The van der Waals surface area contributed by atoms with Crippen molar-refractivity contribution in [2.24, 2.45) is 0 Å². The topological polar surface area (TPSA) is 110 Å². The molecule has 2 heterocycles. The van der Waals surface area contributed by atoms with Gasteiger partial charge in [0.2, 0.25) is 17.6 Å². The zero-order valence-electron chi connectivity index (χ0n) is 17.1. The number of benzene rings is 2. The highest BCUT2D eigenvalue weighted by molar-refractivity contribution is 5.96. The average Bonchev–Trinajstić information content (AvgIpc) is 3.43. The normalized spacial score (nSPS) is 13.2. The van der Waals surface area contributed by atoms with Gasteiger partial charge in [-0.1, -0.05) is 11.2 Å². The van der Waals surface area contributed by atoms with Crippen LogP contribution in [-0.4, -0.2) is 42.3 Å². The molecule has 1 aromatic heterocycles. The summed E-state index contributed by atoms with van der Waals surface area (Å²) in [4.78, 5) is 30.1. The van der Waals surface area contributed by atoms with E-state index < -0.39 is 0 Å². The van der Waals surface area contributed by atoms with Crippen molar-refractivity contribution in [3.63, 3.8) is 0 Å². The predicted molar refractivity (Wildman–Crippen MR) is 115 cm³/mol. The van der Waals surface area contributed by atoms with Crippen molar-refractivity contribution in [3.05, 3.63) is 54.4 Å². The van der Waals surface area contributed by atoms with Crippen molar-refractivity contribution in [2.45, 2.75) is 19.3 Å². The number of ether oxygens (including phenoxy) is 1. The highest BCUT2D eigenvalue weighted by Crippen LogP contribution is 2.22. The summed E-state index contributed by atoms with van der Waals surface area (Å²) in [6, 6.07) is 14.5. The van der Waals surface area contributed by atoms with Crippen molar-refractivity contribution in [3.8, 4) is 17.1 Å². The van der Waals surface area contributed by atoms with Crippen LogP contribution in [0.2, 0.25) is 0 Å². The van der Waals surface area contributed by atoms with Gasteiger partial charge in [-0.05, 0) is 48.9 Å². The Labute approximate surface area is 179 Å². The molecule has 9 heteroatoms. The number of nitrogens with zero attached hydrogens (tertiary/aromatic N) is 3. The summed E-state index contributed by atoms with van der Waals surface area (Å²) in [5.74, 6) is 1.64. The summed E-state index contributed by atoms with van der Waals surface area (Å²) in [5.41, 5.74) is 2.24. The van der Waals surface area contributed by atoms with E-state index in [1.54, 1.807) is 24.1 Å². The maximum Gasteiger partial charge on any atom is 0.321 e. The van der Waals surface area contributed by atoms with Gasteiger partial charge in [-0.3, -0.25) is 9.69 Å². The molecule has 9 nitrogen and oxygen atoms in total. The fourth-order valence-corrected chi connectivity index (χ4v) is 3.31. The average molecular weight is 421 g/mol. The molecule has 2 N–H and O–H groups in total. The molecule has 160 valence electrons. The Balaban J connectivity index is 1.27. The number of aromatic nitrogens is 2. The molecule has 0 radical (unpaired) electrons. The van der Waals surface area contributed by atoms with Gasteiger partial charge in [0.15, 0.2) is 0 Å². The summed E-state index contributed by atoms with van der Waals surface area (Å²) in [6.45, 7) is 1.23. The van der Waals surface area contributed by atoms with E-state index in [2.05, 4.69) is 20.8 Å². The number of carbonyl (C=O) groups excluding carboxylic acids is 2. The van der Waals surface area contributed by atoms with E-state index in [1.807, 2.05) is 36.4 Å². The van der Waals surface area contributed by atoms with Crippen molar-refractivity contribution < 1.29 is 18.8 Å². The van der Waals surface area contributed by atoms with Crippen LogP contribution < -0.4 is 20.3 Å². The van der Waals surface area contributed by atoms with Crippen molar-refractivity contribution >= 4 is 23.3 Å². The van der Waals surface area contributed by atoms with Gasteiger partial charge in [0.05, 0.1) is 7.11 Å². The molecule has 1 saturated heterocycles. The van der Waals surface area contributed by atoms with Gasteiger partial charge in [-0.2, -0.15) is 4.98 Å². The largest absolute Gasteiger partial charge is 0.497 e. The first-order chi connectivity index (χ1) is 15.1. The fraction of sp³-hybridized carbons (Fsp3) is 0.273. The molecule has 3 aromatic rings. The number of carbonyl (C=O) groups is 2. The number of nitrogens with one attached hydrogen (secondary N) is 2. The van der Waals surface area contributed by atoms with E-state index in [-0.39, 0.29) is 11.9 Å². The molecular formula is C22H23N5O4. The molecule has 0 atom stereocenters. The first-order valence-corrected chi connectivity index (χ1v) is 10.0. The lowest BCUT2D eigenvalue weighted by Gasteiger charge is -2.15. The molecular weight excluding hydrogens is 398 g/mol. The van der Waals surface area contributed by atoms with Crippen LogP contribution >= 0.6 is 0 Å². The number of methoxy groups -OCH3 is 1. The van der Waals surface area contributed by atoms with Crippen LogP contribution in [0.4, 0.5) is 16.2 Å². The third kappa shape index (κ3) is 5.00. The van der Waals surface area contributed by atoms with Gasteiger partial charge >= 0.3 is 6.03 Å².